The van der Waals surface area contributed by atoms with Gasteiger partial charge in [-0.25, -0.2) is 0 Å². The first-order valence-corrected chi connectivity index (χ1v) is 21.3. The summed E-state index contributed by atoms with van der Waals surface area (Å²) in [5.41, 5.74) is 14.1. The van der Waals surface area contributed by atoms with Crippen molar-refractivity contribution < 1.29 is 0 Å². The van der Waals surface area contributed by atoms with E-state index in [1.807, 2.05) is 0 Å². The minimum atomic E-state index is 1.09. The van der Waals surface area contributed by atoms with Crippen LogP contribution in [0.5, 0.6) is 0 Å². The molecule has 0 saturated heterocycles. The standard InChI is InChI=1S/C60H40N2/c1-2-12-46-39-47(26-23-41(46)11-1)44-29-33-50(34-30-44)61(51-35-37-52(38-36-51)62-59-19-9-7-17-56(59)57-18-8-10-20-60(57)62)49-31-27-43(28-32-49)42-21-24-45(25-22-42)58-40-48-13-3-4-14-53(48)54-15-5-6-16-55(54)58/h1-40H. The lowest BCUT2D eigenvalue weighted by molar-refractivity contribution is 1.17. The van der Waals surface area contributed by atoms with Crippen molar-refractivity contribution in [2.75, 3.05) is 4.90 Å². The summed E-state index contributed by atoms with van der Waals surface area (Å²) in [7, 11) is 0. The third-order valence-corrected chi connectivity index (χ3v) is 12.6. The van der Waals surface area contributed by atoms with Crippen molar-refractivity contribution in [3.05, 3.63) is 243 Å². The molecule has 0 N–H and O–H groups in total. The van der Waals surface area contributed by atoms with Crippen LogP contribution >= 0.6 is 0 Å². The number of hydrogen-bond donors (Lipinski definition) is 0. The number of anilines is 3. The Kier molecular flexibility index (Phi) is 8.53. The Labute approximate surface area is 360 Å². The van der Waals surface area contributed by atoms with Crippen molar-refractivity contribution in [2.24, 2.45) is 0 Å². The highest BCUT2D eigenvalue weighted by atomic mass is 15.1. The Balaban J connectivity index is 0.908. The summed E-state index contributed by atoms with van der Waals surface area (Å²) in [4.78, 5) is 2.36. The largest absolute Gasteiger partial charge is 0.311 e. The van der Waals surface area contributed by atoms with Gasteiger partial charge in [-0.2, -0.15) is 0 Å². The van der Waals surface area contributed by atoms with E-state index in [0.29, 0.717) is 0 Å². The van der Waals surface area contributed by atoms with Crippen LogP contribution in [0.3, 0.4) is 0 Å². The molecule has 0 saturated carbocycles. The summed E-state index contributed by atoms with van der Waals surface area (Å²) in [5.74, 6) is 0. The van der Waals surface area contributed by atoms with Gasteiger partial charge in [-0.3, -0.25) is 0 Å². The molecule has 0 bridgehead atoms. The number of benzene rings is 11. The van der Waals surface area contributed by atoms with Gasteiger partial charge >= 0.3 is 0 Å². The predicted molar refractivity (Wildman–Crippen MR) is 264 cm³/mol. The number of fused-ring (bicyclic) bond motifs is 7. The lowest BCUT2D eigenvalue weighted by Gasteiger charge is -2.26. The summed E-state index contributed by atoms with van der Waals surface area (Å²) in [5, 5.41) is 10.1. The highest BCUT2D eigenvalue weighted by Crippen LogP contribution is 2.40. The fraction of sp³-hybridized carbons (Fsp3) is 0. The zero-order chi connectivity index (χ0) is 41.0. The van der Waals surface area contributed by atoms with Gasteiger partial charge in [-0.05, 0) is 138 Å². The highest BCUT2D eigenvalue weighted by molar-refractivity contribution is 6.14. The Morgan fingerprint density at radius 2 is 0.677 bits per heavy atom. The van der Waals surface area contributed by atoms with Crippen molar-refractivity contribution in [1.29, 1.82) is 0 Å². The summed E-state index contributed by atoms with van der Waals surface area (Å²) in [6.07, 6.45) is 0. The second-order valence-electron chi connectivity index (χ2n) is 16.1. The molecule has 290 valence electrons. The topological polar surface area (TPSA) is 8.17 Å². The molecule has 0 amide bonds. The Morgan fingerprint density at radius 1 is 0.258 bits per heavy atom. The monoisotopic (exact) mass is 788 g/mol. The average Bonchev–Trinajstić information content (AvgIpc) is 3.69. The molecule has 12 rings (SSSR count). The number of nitrogens with zero attached hydrogens (tertiary/aromatic N) is 2. The van der Waals surface area contributed by atoms with Gasteiger partial charge in [0.05, 0.1) is 11.0 Å². The number of aromatic nitrogens is 1. The van der Waals surface area contributed by atoms with E-state index in [-0.39, 0.29) is 0 Å². The minimum absolute atomic E-state index is 1.09. The van der Waals surface area contributed by atoms with E-state index < -0.39 is 0 Å². The second kappa shape index (κ2) is 14.8. The average molecular weight is 789 g/mol. The molecule has 0 atom stereocenters. The van der Waals surface area contributed by atoms with Crippen molar-refractivity contribution in [3.8, 4) is 39.1 Å². The van der Waals surface area contributed by atoms with E-state index in [2.05, 4.69) is 252 Å². The fourth-order valence-corrected chi connectivity index (χ4v) is 9.51. The fourth-order valence-electron chi connectivity index (χ4n) is 9.51. The van der Waals surface area contributed by atoms with Crippen LogP contribution in [0.2, 0.25) is 0 Å². The highest BCUT2D eigenvalue weighted by Gasteiger charge is 2.16. The third-order valence-electron chi connectivity index (χ3n) is 12.6. The molecule has 0 aliphatic heterocycles. The molecule has 11 aromatic carbocycles. The first-order valence-electron chi connectivity index (χ1n) is 21.3. The quantitative estimate of drug-likeness (QED) is 0.146. The zero-order valence-electron chi connectivity index (χ0n) is 34.0. The van der Waals surface area contributed by atoms with Crippen molar-refractivity contribution >= 4 is 71.2 Å². The smallest absolute Gasteiger partial charge is 0.0541 e. The molecule has 0 radical (unpaired) electrons. The van der Waals surface area contributed by atoms with Crippen LogP contribution in [-0.4, -0.2) is 4.57 Å². The van der Waals surface area contributed by atoms with Crippen LogP contribution in [0.1, 0.15) is 0 Å². The van der Waals surface area contributed by atoms with Crippen LogP contribution in [0.4, 0.5) is 17.1 Å². The Morgan fingerprint density at radius 3 is 1.29 bits per heavy atom. The molecule has 1 heterocycles. The summed E-state index contributed by atoms with van der Waals surface area (Å²) in [6, 6.07) is 88.4. The maximum atomic E-state index is 2.37. The van der Waals surface area contributed by atoms with E-state index in [4.69, 9.17) is 0 Å². The van der Waals surface area contributed by atoms with E-state index in [1.54, 1.807) is 0 Å². The van der Waals surface area contributed by atoms with Gasteiger partial charge in [-0.1, -0.05) is 170 Å². The number of rotatable bonds is 7. The molecule has 12 aromatic rings. The van der Waals surface area contributed by atoms with Gasteiger partial charge < -0.3 is 9.47 Å². The molecule has 0 spiro atoms. The lowest BCUT2D eigenvalue weighted by Crippen LogP contribution is -2.10. The van der Waals surface area contributed by atoms with Crippen LogP contribution in [0.15, 0.2) is 243 Å². The molecule has 62 heavy (non-hydrogen) atoms. The Bertz CT molecular complexity index is 3540. The van der Waals surface area contributed by atoms with Crippen LogP contribution in [0, 0.1) is 0 Å². The maximum Gasteiger partial charge on any atom is 0.0541 e. The summed E-state index contributed by atoms with van der Waals surface area (Å²) in [6.45, 7) is 0. The molecule has 0 aliphatic carbocycles. The maximum absolute atomic E-state index is 2.37. The van der Waals surface area contributed by atoms with Gasteiger partial charge in [0, 0.05) is 33.5 Å². The van der Waals surface area contributed by atoms with Crippen LogP contribution < -0.4 is 4.90 Å². The zero-order valence-corrected chi connectivity index (χ0v) is 34.0. The van der Waals surface area contributed by atoms with E-state index in [0.717, 1.165) is 22.7 Å². The molecule has 2 nitrogen and oxygen atoms in total. The van der Waals surface area contributed by atoms with E-state index in [1.165, 1.54) is 87.5 Å². The van der Waals surface area contributed by atoms with Gasteiger partial charge in [0.15, 0.2) is 0 Å². The van der Waals surface area contributed by atoms with E-state index in [9.17, 15) is 0 Å². The molecule has 0 unspecified atom stereocenters. The number of hydrogen-bond acceptors (Lipinski definition) is 1. The lowest BCUT2D eigenvalue weighted by atomic mass is 9.92. The molecular weight excluding hydrogens is 749 g/mol. The van der Waals surface area contributed by atoms with Crippen molar-refractivity contribution in [2.45, 2.75) is 0 Å². The van der Waals surface area contributed by atoms with Crippen LogP contribution in [-0.2, 0) is 0 Å². The Hall–Kier alpha value is -8.20. The van der Waals surface area contributed by atoms with Gasteiger partial charge in [0.1, 0.15) is 0 Å². The molecule has 2 heteroatoms. The van der Waals surface area contributed by atoms with Gasteiger partial charge in [-0.15, -0.1) is 0 Å². The number of para-hydroxylation sites is 2. The molecule has 0 aliphatic rings. The van der Waals surface area contributed by atoms with E-state index >= 15 is 0 Å². The van der Waals surface area contributed by atoms with Crippen molar-refractivity contribution in [1.82, 2.24) is 4.57 Å². The third kappa shape index (κ3) is 6.12. The van der Waals surface area contributed by atoms with Gasteiger partial charge in [0.25, 0.3) is 0 Å². The summed E-state index contributed by atoms with van der Waals surface area (Å²) >= 11 is 0. The van der Waals surface area contributed by atoms with Crippen LogP contribution in [0.25, 0.3) is 93.2 Å². The molecular formula is C60H40N2. The van der Waals surface area contributed by atoms with Gasteiger partial charge in [0.2, 0.25) is 0 Å². The normalized spacial score (nSPS) is 11.5. The first-order chi connectivity index (χ1) is 30.7. The summed E-state index contributed by atoms with van der Waals surface area (Å²) < 4.78 is 2.37. The molecule has 1 aromatic heterocycles. The first kappa shape index (κ1) is 35.7. The predicted octanol–water partition coefficient (Wildman–Crippen LogP) is 16.7. The molecule has 0 fully saturated rings. The minimum Gasteiger partial charge on any atom is -0.311 e. The SMILES string of the molecule is c1ccc2cc(-c3ccc(N(c4ccc(-c5ccc(-c6cc7ccccc7c7ccccc67)cc5)cc4)c4ccc(-n5c6ccccc6c6ccccc65)cc4)cc3)ccc2c1. The van der Waals surface area contributed by atoms with Crippen molar-refractivity contribution in [3.63, 3.8) is 0 Å². The second-order valence-corrected chi connectivity index (χ2v) is 16.1.